The summed E-state index contributed by atoms with van der Waals surface area (Å²) >= 11 is 0. The highest BCUT2D eigenvalue weighted by atomic mass is 16.7. The van der Waals surface area contributed by atoms with E-state index in [2.05, 4.69) is 0 Å². The molecule has 0 aromatic heterocycles. The van der Waals surface area contributed by atoms with Crippen molar-refractivity contribution in [2.24, 2.45) is 0 Å². The molecule has 44 heavy (non-hydrogen) atoms. The van der Waals surface area contributed by atoms with Crippen molar-refractivity contribution in [1.82, 2.24) is 0 Å². The standard InChI is InChI=1S/C30H34O14/c1-3-27(33)44-26-12-7-5-10-24(26)29(35)41-20-22(43-30(36)39-18-17-38-16-15-37-14-8-13-31)19-40-28(34)23-9-4-6-11-25(23)42-21(2)32/h4-7,9-13,22H,3,8,14-20H2,1-2H3. The number of para-hydroxylation sites is 2. The van der Waals surface area contributed by atoms with E-state index in [1.807, 2.05) is 0 Å². The molecule has 2 aromatic rings. The molecule has 2 rings (SSSR count). The van der Waals surface area contributed by atoms with E-state index in [4.69, 9.17) is 37.9 Å². The first-order chi connectivity index (χ1) is 21.2. The fourth-order valence-electron chi connectivity index (χ4n) is 3.21. The average Bonchev–Trinajstić information content (AvgIpc) is 3.01. The van der Waals surface area contributed by atoms with Crippen LogP contribution in [0.1, 0.15) is 47.4 Å². The predicted octanol–water partition coefficient (Wildman–Crippen LogP) is 3.09. The molecule has 238 valence electrons. The number of esters is 4. The van der Waals surface area contributed by atoms with Crippen LogP contribution in [0.2, 0.25) is 0 Å². The van der Waals surface area contributed by atoms with Gasteiger partial charge in [0.05, 0.1) is 26.4 Å². The molecule has 0 N–H and O–H groups in total. The van der Waals surface area contributed by atoms with Crippen LogP contribution in [0.15, 0.2) is 48.5 Å². The smallest absolute Gasteiger partial charge is 0.458 e. The zero-order valence-corrected chi connectivity index (χ0v) is 24.4. The molecule has 0 heterocycles. The average molecular weight is 619 g/mol. The second-order valence-corrected chi connectivity index (χ2v) is 8.63. The minimum atomic E-state index is -1.33. The van der Waals surface area contributed by atoms with Gasteiger partial charge in [0.25, 0.3) is 0 Å². The van der Waals surface area contributed by atoms with Gasteiger partial charge in [-0.2, -0.15) is 0 Å². The maximum Gasteiger partial charge on any atom is 0.508 e. The number of aldehydes is 1. The molecule has 14 nitrogen and oxygen atoms in total. The number of ether oxygens (including phenoxy) is 8. The lowest BCUT2D eigenvalue weighted by Gasteiger charge is -2.18. The highest BCUT2D eigenvalue weighted by Gasteiger charge is 2.24. The Bertz CT molecular complexity index is 1260. The molecule has 0 saturated heterocycles. The molecular weight excluding hydrogens is 584 g/mol. The van der Waals surface area contributed by atoms with Gasteiger partial charge < -0.3 is 42.7 Å². The summed E-state index contributed by atoms with van der Waals surface area (Å²) in [5.41, 5.74) is -0.129. The Balaban J connectivity index is 2.00. The van der Waals surface area contributed by atoms with Gasteiger partial charge in [-0.15, -0.1) is 0 Å². The van der Waals surface area contributed by atoms with Crippen LogP contribution in [0.4, 0.5) is 4.79 Å². The Labute approximate surface area is 253 Å². The molecule has 2 aromatic carbocycles. The van der Waals surface area contributed by atoms with Crippen LogP contribution in [0.5, 0.6) is 11.5 Å². The predicted molar refractivity (Wildman–Crippen MR) is 149 cm³/mol. The third-order valence-electron chi connectivity index (χ3n) is 5.24. The number of hydrogen-bond donors (Lipinski definition) is 0. The van der Waals surface area contributed by atoms with Crippen LogP contribution in [0.25, 0.3) is 0 Å². The van der Waals surface area contributed by atoms with Gasteiger partial charge in [-0.3, -0.25) is 9.59 Å². The Kier molecular flexibility index (Phi) is 16.2. The topological polar surface area (TPSA) is 176 Å². The molecule has 0 radical (unpaired) electrons. The highest BCUT2D eigenvalue weighted by Crippen LogP contribution is 2.21. The Hall–Kier alpha value is -4.82. The number of benzene rings is 2. The third kappa shape index (κ3) is 13.4. The molecule has 0 saturated carbocycles. The summed E-state index contributed by atoms with van der Waals surface area (Å²) in [6.45, 7) is 2.17. The van der Waals surface area contributed by atoms with Gasteiger partial charge in [0.15, 0.2) is 6.10 Å². The van der Waals surface area contributed by atoms with E-state index in [9.17, 15) is 28.8 Å². The summed E-state index contributed by atoms with van der Waals surface area (Å²) in [4.78, 5) is 71.2. The van der Waals surface area contributed by atoms with E-state index in [1.165, 1.54) is 43.3 Å². The zero-order valence-electron chi connectivity index (χ0n) is 24.4. The molecule has 0 bridgehead atoms. The van der Waals surface area contributed by atoms with Crippen LogP contribution in [0.3, 0.4) is 0 Å². The molecular formula is C30H34O14. The van der Waals surface area contributed by atoms with Crippen molar-refractivity contribution in [3.05, 3.63) is 59.7 Å². The van der Waals surface area contributed by atoms with E-state index in [-0.39, 0.29) is 68.5 Å². The molecule has 0 amide bonds. The lowest BCUT2D eigenvalue weighted by molar-refractivity contribution is -0.134. The van der Waals surface area contributed by atoms with Crippen molar-refractivity contribution < 1.29 is 66.7 Å². The molecule has 1 unspecified atom stereocenters. The van der Waals surface area contributed by atoms with E-state index in [1.54, 1.807) is 19.1 Å². The molecule has 14 heteroatoms. The van der Waals surface area contributed by atoms with Gasteiger partial charge in [0, 0.05) is 19.8 Å². The van der Waals surface area contributed by atoms with Gasteiger partial charge in [0.1, 0.15) is 48.7 Å². The minimum absolute atomic E-state index is 0.0149. The minimum Gasteiger partial charge on any atom is -0.458 e. The maximum atomic E-state index is 12.8. The first-order valence-electron chi connectivity index (χ1n) is 13.6. The summed E-state index contributed by atoms with van der Waals surface area (Å²) in [7, 11) is 0. The van der Waals surface area contributed by atoms with Gasteiger partial charge in [-0.25, -0.2) is 14.4 Å². The van der Waals surface area contributed by atoms with Gasteiger partial charge in [0.2, 0.25) is 0 Å². The van der Waals surface area contributed by atoms with Crippen LogP contribution in [-0.2, 0) is 42.8 Å². The van der Waals surface area contributed by atoms with Gasteiger partial charge in [-0.05, 0) is 24.3 Å². The first-order valence-corrected chi connectivity index (χ1v) is 13.6. The zero-order chi connectivity index (χ0) is 32.2. The van der Waals surface area contributed by atoms with Crippen molar-refractivity contribution in [2.45, 2.75) is 32.8 Å². The Morgan fingerprint density at radius 3 is 1.77 bits per heavy atom. The lowest BCUT2D eigenvalue weighted by atomic mass is 10.2. The van der Waals surface area contributed by atoms with Crippen molar-refractivity contribution in [3.8, 4) is 11.5 Å². The number of rotatable bonds is 19. The van der Waals surface area contributed by atoms with Crippen LogP contribution in [0, 0.1) is 0 Å². The van der Waals surface area contributed by atoms with Crippen molar-refractivity contribution in [3.63, 3.8) is 0 Å². The molecule has 0 aliphatic rings. The van der Waals surface area contributed by atoms with Crippen LogP contribution in [-0.4, -0.2) is 88.7 Å². The summed E-state index contributed by atoms with van der Waals surface area (Å²) in [6.07, 6.45) is -1.40. The largest absolute Gasteiger partial charge is 0.508 e. The first kappa shape index (κ1) is 35.4. The fourth-order valence-corrected chi connectivity index (χ4v) is 3.21. The van der Waals surface area contributed by atoms with E-state index >= 15 is 0 Å². The second kappa shape index (κ2) is 20.1. The maximum absolute atomic E-state index is 12.8. The number of carbonyl (C=O) groups excluding carboxylic acids is 6. The van der Waals surface area contributed by atoms with Crippen LogP contribution < -0.4 is 9.47 Å². The van der Waals surface area contributed by atoms with Crippen LogP contribution >= 0.6 is 0 Å². The second-order valence-electron chi connectivity index (χ2n) is 8.63. The number of hydrogen-bond acceptors (Lipinski definition) is 14. The molecule has 0 fully saturated rings. The molecule has 0 aliphatic carbocycles. The van der Waals surface area contributed by atoms with Gasteiger partial charge >= 0.3 is 30.0 Å². The third-order valence-corrected chi connectivity index (χ3v) is 5.24. The van der Waals surface area contributed by atoms with E-state index < -0.39 is 49.4 Å². The van der Waals surface area contributed by atoms with Gasteiger partial charge in [-0.1, -0.05) is 31.2 Å². The summed E-state index contributed by atoms with van der Waals surface area (Å²) in [6, 6.07) is 11.7. The number of carbonyl (C=O) groups is 6. The van der Waals surface area contributed by atoms with Crippen molar-refractivity contribution in [2.75, 3.05) is 46.2 Å². The monoisotopic (exact) mass is 618 g/mol. The molecule has 1 atom stereocenters. The Morgan fingerprint density at radius 1 is 0.705 bits per heavy atom. The normalized spacial score (nSPS) is 11.0. The van der Waals surface area contributed by atoms with E-state index in [0.717, 1.165) is 6.29 Å². The van der Waals surface area contributed by atoms with E-state index in [0.29, 0.717) is 0 Å². The Morgan fingerprint density at radius 2 is 1.23 bits per heavy atom. The van der Waals surface area contributed by atoms with Crippen molar-refractivity contribution in [1.29, 1.82) is 0 Å². The van der Waals surface area contributed by atoms with Crippen molar-refractivity contribution >= 4 is 36.3 Å². The SMILES string of the molecule is CCC(=O)Oc1ccccc1C(=O)OCC(COC(=O)c1ccccc1OC(C)=O)OC(=O)OCCOCCOCCC=O. The summed E-state index contributed by atoms with van der Waals surface area (Å²) < 4.78 is 41.3. The molecule has 0 spiro atoms. The fraction of sp³-hybridized carbons (Fsp3) is 0.400. The quantitative estimate of drug-likeness (QED) is 0.0738. The summed E-state index contributed by atoms with van der Waals surface area (Å²) in [5.74, 6) is -3.09. The lowest BCUT2D eigenvalue weighted by Crippen LogP contribution is -2.31. The summed E-state index contributed by atoms with van der Waals surface area (Å²) in [5, 5.41) is 0. The highest BCUT2D eigenvalue weighted by molar-refractivity contribution is 5.94. The molecule has 0 aliphatic heterocycles.